The fourth-order valence-electron chi connectivity index (χ4n) is 3.19. The minimum Gasteiger partial charge on any atom is -0.475 e. The molecule has 1 aromatic rings. The number of piperidine rings is 3. The standard InChI is InChI=1S/C15H17F3N2O2.C2HF3O2/c16-15(17,18)22-12-3-1-11(2-4-12)14(21)19-13-9-20-7-5-10(13)6-8-20;3-2(4,5)1(6)7/h1-4,10,13H,5-9H2,(H,19,21);(H,6,7)/t13-;/m1./s1. The summed E-state index contributed by atoms with van der Waals surface area (Å²) in [6, 6.07) is 5.12. The molecule has 3 saturated heterocycles. The van der Waals surface area contributed by atoms with Gasteiger partial charge in [0.05, 0.1) is 0 Å². The van der Waals surface area contributed by atoms with Gasteiger partial charge >= 0.3 is 18.5 Å². The van der Waals surface area contributed by atoms with Crippen LogP contribution in [-0.2, 0) is 4.79 Å². The van der Waals surface area contributed by atoms with Crippen LogP contribution in [0.15, 0.2) is 24.3 Å². The molecule has 2 bridgehead atoms. The number of hydrogen-bond acceptors (Lipinski definition) is 4. The van der Waals surface area contributed by atoms with Crippen molar-refractivity contribution in [1.29, 1.82) is 0 Å². The first-order valence-corrected chi connectivity index (χ1v) is 8.54. The molecule has 1 atom stereocenters. The molecule has 0 aromatic heterocycles. The number of rotatable bonds is 3. The van der Waals surface area contributed by atoms with E-state index in [1.165, 1.54) is 12.1 Å². The maximum absolute atomic E-state index is 12.2. The van der Waals surface area contributed by atoms with Crippen LogP contribution < -0.4 is 10.1 Å². The van der Waals surface area contributed by atoms with Gasteiger partial charge in [0.2, 0.25) is 0 Å². The molecule has 0 aliphatic carbocycles. The van der Waals surface area contributed by atoms with E-state index in [9.17, 15) is 31.1 Å². The van der Waals surface area contributed by atoms with Gasteiger partial charge < -0.3 is 20.1 Å². The van der Waals surface area contributed by atoms with Gasteiger partial charge in [-0.25, -0.2) is 4.79 Å². The van der Waals surface area contributed by atoms with Gasteiger partial charge in [0.1, 0.15) is 5.75 Å². The van der Waals surface area contributed by atoms with Crippen molar-refractivity contribution in [3.63, 3.8) is 0 Å². The highest BCUT2D eigenvalue weighted by Gasteiger charge is 2.38. The van der Waals surface area contributed by atoms with E-state index < -0.39 is 18.5 Å². The van der Waals surface area contributed by atoms with Crippen molar-refractivity contribution < 1.29 is 45.8 Å². The first-order chi connectivity index (χ1) is 13.3. The first-order valence-electron chi connectivity index (χ1n) is 8.54. The number of fused-ring (bicyclic) bond motifs is 3. The number of carboxylic acid groups (broad SMARTS) is 1. The van der Waals surface area contributed by atoms with Gasteiger partial charge in [-0.1, -0.05) is 0 Å². The highest BCUT2D eigenvalue weighted by atomic mass is 19.4. The van der Waals surface area contributed by atoms with Gasteiger partial charge in [-0.05, 0) is 56.1 Å². The number of amides is 1. The summed E-state index contributed by atoms with van der Waals surface area (Å²) in [5.74, 6) is -2.83. The van der Waals surface area contributed by atoms with Crippen molar-refractivity contribution in [3.05, 3.63) is 29.8 Å². The number of carbonyl (C=O) groups excluding carboxylic acids is 1. The fraction of sp³-hybridized carbons (Fsp3) is 0.529. The zero-order valence-corrected chi connectivity index (χ0v) is 14.9. The quantitative estimate of drug-likeness (QED) is 0.724. The second kappa shape index (κ2) is 8.89. The van der Waals surface area contributed by atoms with Crippen LogP contribution in [0.1, 0.15) is 23.2 Å². The van der Waals surface area contributed by atoms with E-state index in [0.29, 0.717) is 11.5 Å². The SMILES string of the molecule is O=C(N[C@@H]1CN2CCC1CC2)c1ccc(OC(F)(F)F)cc1.O=C(O)C(F)(F)F. The molecule has 4 rings (SSSR count). The first kappa shape index (κ1) is 22.8. The monoisotopic (exact) mass is 428 g/mol. The van der Waals surface area contributed by atoms with E-state index in [4.69, 9.17) is 9.90 Å². The lowest BCUT2D eigenvalue weighted by atomic mass is 9.84. The van der Waals surface area contributed by atoms with Crippen molar-refractivity contribution in [2.45, 2.75) is 31.4 Å². The number of carbonyl (C=O) groups is 2. The van der Waals surface area contributed by atoms with Crippen molar-refractivity contribution in [3.8, 4) is 5.75 Å². The second-order valence-corrected chi connectivity index (χ2v) is 6.59. The van der Waals surface area contributed by atoms with Gasteiger partial charge in [0.15, 0.2) is 0 Å². The molecule has 29 heavy (non-hydrogen) atoms. The molecule has 6 nitrogen and oxygen atoms in total. The average Bonchev–Trinajstić information content (AvgIpc) is 2.61. The Hall–Kier alpha value is -2.50. The van der Waals surface area contributed by atoms with E-state index in [2.05, 4.69) is 15.0 Å². The summed E-state index contributed by atoms with van der Waals surface area (Å²) in [4.78, 5) is 23.4. The summed E-state index contributed by atoms with van der Waals surface area (Å²) in [6.07, 6.45) is -7.63. The molecule has 1 aromatic carbocycles. The highest BCUT2D eigenvalue weighted by molar-refractivity contribution is 5.94. The molecule has 0 unspecified atom stereocenters. The molecule has 3 aliphatic rings. The Kier molecular flexibility index (Phi) is 6.98. The van der Waals surface area contributed by atoms with Crippen LogP contribution in [0.3, 0.4) is 0 Å². The second-order valence-electron chi connectivity index (χ2n) is 6.59. The van der Waals surface area contributed by atoms with E-state index in [0.717, 1.165) is 44.6 Å². The number of aliphatic carboxylic acids is 1. The van der Waals surface area contributed by atoms with Gasteiger partial charge in [0.25, 0.3) is 5.91 Å². The van der Waals surface area contributed by atoms with Crippen LogP contribution in [0, 0.1) is 5.92 Å². The predicted octanol–water partition coefficient (Wildman–Crippen LogP) is 3.04. The maximum Gasteiger partial charge on any atom is 0.573 e. The Morgan fingerprint density at radius 2 is 1.55 bits per heavy atom. The van der Waals surface area contributed by atoms with Crippen LogP contribution in [0.4, 0.5) is 26.3 Å². The van der Waals surface area contributed by atoms with Crippen LogP contribution in [-0.4, -0.2) is 60.1 Å². The summed E-state index contributed by atoms with van der Waals surface area (Å²) >= 11 is 0. The predicted molar refractivity (Wildman–Crippen MR) is 87.2 cm³/mol. The van der Waals surface area contributed by atoms with E-state index in [1.54, 1.807) is 0 Å². The van der Waals surface area contributed by atoms with Gasteiger partial charge in [-0.15, -0.1) is 13.2 Å². The number of ether oxygens (including phenoxy) is 1. The normalized spacial score (nSPS) is 23.6. The van der Waals surface area contributed by atoms with E-state index in [-0.39, 0.29) is 17.7 Å². The summed E-state index contributed by atoms with van der Waals surface area (Å²) in [7, 11) is 0. The number of nitrogens with one attached hydrogen (secondary N) is 1. The number of alkyl halides is 6. The zero-order valence-electron chi connectivity index (χ0n) is 14.9. The topological polar surface area (TPSA) is 78.9 Å². The van der Waals surface area contributed by atoms with Crippen LogP contribution in [0.2, 0.25) is 0 Å². The minimum atomic E-state index is -5.08. The molecule has 3 aliphatic heterocycles. The molecule has 3 fully saturated rings. The van der Waals surface area contributed by atoms with E-state index in [1.807, 2.05) is 0 Å². The number of halogens is 6. The summed E-state index contributed by atoms with van der Waals surface area (Å²) in [6.45, 7) is 3.02. The Balaban J connectivity index is 0.000000370. The van der Waals surface area contributed by atoms with Crippen LogP contribution >= 0.6 is 0 Å². The maximum atomic E-state index is 12.2. The van der Waals surface area contributed by atoms with Gasteiger partial charge in [-0.3, -0.25) is 4.79 Å². The van der Waals surface area contributed by atoms with Crippen LogP contribution in [0.25, 0.3) is 0 Å². The number of hydrogen-bond donors (Lipinski definition) is 2. The van der Waals surface area contributed by atoms with Gasteiger partial charge in [0, 0.05) is 18.2 Å². The van der Waals surface area contributed by atoms with Crippen molar-refractivity contribution in [2.24, 2.45) is 5.92 Å². The lowest BCUT2D eigenvalue weighted by Gasteiger charge is -2.44. The van der Waals surface area contributed by atoms with Crippen molar-refractivity contribution in [2.75, 3.05) is 19.6 Å². The van der Waals surface area contributed by atoms with Crippen molar-refractivity contribution in [1.82, 2.24) is 10.2 Å². The third-order valence-corrected chi connectivity index (χ3v) is 4.57. The highest BCUT2D eigenvalue weighted by Crippen LogP contribution is 2.28. The molecule has 0 spiro atoms. The zero-order chi connectivity index (χ0) is 21.8. The Labute approximate surface area is 161 Å². The minimum absolute atomic E-state index is 0.126. The number of carboxylic acids is 1. The molecular formula is C17H18F6N2O4. The number of benzene rings is 1. The molecule has 2 N–H and O–H groups in total. The Bertz CT molecular complexity index is 712. The molecule has 1 amide bonds. The summed E-state index contributed by atoms with van der Waals surface area (Å²) < 4.78 is 71.8. The largest absolute Gasteiger partial charge is 0.573 e. The van der Waals surface area contributed by atoms with Crippen molar-refractivity contribution >= 4 is 11.9 Å². The molecule has 0 saturated carbocycles. The number of nitrogens with zero attached hydrogens (tertiary/aromatic N) is 1. The molecular weight excluding hydrogens is 410 g/mol. The summed E-state index contributed by atoms with van der Waals surface area (Å²) in [5.41, 5.74) is 0.339. The summed E-state index contributed by atoms with van der Waals surface area (Å²) in [5, 5.41) is 10.1. The Morgan fingerprint density at radius 1 is 1.03 bits per heavy atom. The lowest BCUT2D eigenvalue weighted by molar-refractivity contribution is -0.274. The van der Waals surface area contributed by atoms with Crippen LogP contribution in [0.5, 0.6) is 5.75 Å². The molecule has 12 heteroatoms. The molecule has 0 radical (unpaired) electrons. The average molecular weight is 428 g/mol. The van der Waals surface area contributed by atoms with E-state index >= 15 is 0 Å². The molecule has 162 valence electrons. The third-order valence-electron chi connectivity index (χ3n) is 4.57. The smallest absolute Gasteiger partial charge is 0.475 e. The van der Waals surface area contributed by atoms with Gasteiger partial charge in [-0.2, -0.15) is 13.2 Å². The molecule has 3 heterocycles. The Morgan fingerprint density at radius 3 is 1.93 bits per heavy atom. The third kappa shape index (κ3) is 7.11. The lowest BCUT2D eigenvalue weighted by Crippen LogP contribution is -2.57. The fourth-order valence-corrected chi connectivity index (χ4v) is 3.19.